The first-order chi connectivity index (χ1) is 17.8. The molecule has 2 aromatic carbocycles. The highest BCUT2D eigenvalue weighted by Crippen LogP contribution is 2.68. The summed E-state index contributed by atoms with van der Waals surface area (Å²) in [6.45, 7) is 3.51. The van der Waals surface area contributed by atoms with Crippen molar-refractivity contribution in [1.29, 1.82) is 0 Å². The molecule has 0 aliphatic carbocycles. The summed E-state index contributed by atoms with van der Waals surface area (Å²) in [5, 5.41) is 16.4. The van der Waals surface area contributed by atoms with E-state index in [2.05, 4.69) is 26.6 Å². The lowest BCUT2D eigenvalue weighted by atomic mass is 9.70. The number of aliphatic hydroxyl groups excluding tert-OH is 1. The fourth-order valence-electron chi connectivity index (χ4n) is 6.31. The van der Waals surface area contributed by atoms with Gasteiger partial charge in [0.15, 0.2) is 0 Å². The lowest BCUT2D eigenvalue weighted by Crippen LogP contribution is -2.58. The minimum atomic E-state index is -0.780. The van der Waals surface area contributed by atoms with Crippen LogP contribution >= 0.6 is 27.7 Å². The molecule has 3 fully saturated rings. The molecule has 0 saturated carbocycles. The largest absolute Gasteiger partial charge is 0.394 e. The summed E-state index contributed by atoms with van der Waals surface area (Å²) in [6, 6.07) is 17.4. The number of hydrogen-bond donors (Lipinski definition) is 3. The third kappa shape index (κ3) is 4.59. The van der Waals surface area contributed by atoms with Gasteiger partial charge in [0, 0.05) is 21.8 Å². The molecule has 3 saturated heterocycles. The van der Waals surface area contributed by atoms with Crippen molar-refractivity contribution in [3.63, 3.8) is 0 Å². The van der Waals surface area contributed by atoms with E-state index in [1.54, 1.807) is 16.7 Å². The molecule has 3 aliphatic rings. The standard InChI is InChI=1S/C28H32BrN3O4S/c1-16(2)30-26(35)24-28-14-20(29)23(37-28)21(25(34)31-18-11-7-4-8-12-18)22(28)27(36)32(24)19(15-33)13-17-9-5-3-6-10-17/h3-12,16,19-24,33H,13-15H2,1-2H3,(H,30,35)(H,31,34)/t19-,20?,21-,22+,23-,24?,28?/m1/s1. The molecular weight excluding hydrogens is 554 g/mol. The number of thioether (sulfide) groups is 1. The van der Waals surface area contributed by atoms with Crippen LogP contribution in [-0.2, 0) is 20.8 Å². The van der Waals surface area contributed by atoms with Crippen LogP contribution in [0.1, 0.15) is 25.8 Å². The fraction of sp³-hybridized carbons (Fsp3) is 0.464. The van der Waals surface area contributed by atoms with Gasteiger partial charge in [-0.05, 0) is 44.4 Å². The van der Waals surface area contributed by atoms with Gasteiger partial charge in [0.2, 0.25) is 17.7 Å². The summed E-state index contributed by atoms with van der Waals surface area (Å²) in [4.78, 5) is 43.3. The van der Waals surface area contributed by atoms with Crippen LogP contribution in [0.3, 0.4) is 0 Å². The van der Waals surface area contributed by atoms with Gasteiger partial charge in [-0.25, -0.2) is 0 Å². The Hall–Kier alpha value is -2.36. The molecule has 3 aliphatic heterocycles. The summed E-state index contributed by atoms with van der Waals surface area (Å²) >= 11 is 5.38. The van der Waals surface area contributed by atoms with Gasteiger partial charge in [-0.2, -0.15) is 0 Å². The normalized spacial score (nSPS) is 30.9. The molecule has 3 N–H and O–H groups in total. The first kappa shape index (κ1) is 26.3. The number of carbonyl (C=O) groups excluding carboxylic acids is 3. The molecule has 3 heterocycles. The molecule has 5 rings (SSSR count). The zero-order chi connectivity index (χ0) is 26.3. The summed E-state index contributed by atoms with van der Waals surface area (Å²) < 4.78 is -0.752. The van der Waals surface area contributed by atoms with E-state index in [-0.39, 0.29) is 40.4 Å². The number of amides is 3. The zero-order valence-corrected chi connectivity index (χ0v) is 23.2. The molecule has 3 amide bonds. The second kappa shape index (κ2) is 10.4. The predicted octanol–water partition coefficient (Wildman–Crippen LogP) is 3.22. The lowest BCUT2D eigenvalue weighted by molar-refractivity contribution is -0.142. The smallest absolute Gasteiger partial charge is 0.244 e. The number of nitrogens with zero attached hydrogens (tertiary/aromatic N) is 1. The van der Waals surface area contributed by atoms with Gasteiger partial charge in [-0.1, -0.05) is 64.5 Å². The van der Waals surface area contributed by atoms with Crippen LogP contribution in [0.2, 0.25) is 0 Å². The number of para-hydroxylation sites is 1. The molecule has 7 nitrogen and oxygen atoms in total. The highest BCUT2D eigenvalue weighted by molar-refractivity contribution is 9.09. The molecule has 37 heavy (non-hydrogen) atoms. The maximum absolute atomic E-state index is 14.3. The number of fused-ring (bicyclic) bond motifs is 1. The molecule has 1 spiro atoms. The zero-order valence-electron chi connectivity index (χ0n) is 20.8. The summed E-state index contributed by atoms with van der Waals surface area (Å²) in [5.74, 6) is -1.89. The predicted molar refractivity (Wildman–Crippen MR) is 148 cm³/mol. The van der Waals surface area contributed by atoms with Crippen LogP contribution in [0.15, 0.2) is 60.7 Å². The van der Waals surface area contributed by atoms with Crippen molar-refractivity contribution in [2.75, 3.05) is 11.9 Å². The van der Waals surface area contributed by atoms with E-state index in [1.165, 1.54) is 0 Å². The summed E-state index contributed by atoms with van der Waals surface area (Å²) in [6.07, 6.45) is 1.02. The average molecular weight is 587 g/mol. The molecule has 7 atom stereocenters. The number of nitrogens with one attached hydrogen (secondary N) is 2. The molecule has 9 heteroatoms. The SMILES string of the molecule is CC(C)NC(=O)C1N([C@@H](CO)Cc2ccccc2)C(=O)[C@@H]2[C@@H](C(=O)Nc3ccccc3)[C@@H]3SC12CC3Br. The van der Waals surface area contributed by atoms with Crippen LogP contribution in [0.5, 0.6) is 0 Å². The minimum Gasteiger partial charge on any atom is -0.394 e. The van der Waals surface area contributed by atoms with Crippen molar-refractivity contribution >= 4 is 51.1 Å². The van der Waals surface area contributed by atoms with Crippen LogP contribution in [-0.4, -0.2) is 67.3 Å². The second-order valence-corrected chi connectivity index (χ2v) is 13.2. The van der Waals surface area contributed by atoms with Gasteiger partial charge >= 0.3 is 0 Å². The van der Waals surface area contributed by atoms with Crippen molar-refractivity contribution in [1.82, 2.24) is 10.2 Å². The molecule has 3 unspecified atom stereocenters. The van der Waals surface area contributed by atoms with Gasteiger partial charge in [0.1, 0.15) is 6.04 Å². The topological polar surface area (TPSA) is 98.7 Å². The summed E-state index contributed by atoms with van der Waals surface area (Å²) in [7, 11) is 0. The van der Waals surface area contributed by atoms with E-state index >= 15 is 0 Å². The van der Waals surface area contributed by atoms with Gasteiger partial charge in [-0.15, -0.1) is 11.8 Å². The first-order valence-corrected chi connectivity index (χ1v) is 14.5. The van der Waals surface area contributed by atoms with Crippen molar-refractivity contribution in [2.45, 2.75) is 59.6 Å². The highest BCUT2D eigenvalue weighted by atomic mass is 79.9. The Kier molecular flexibility index (Phi) is 7.40. The first-order valence-electron chi connectivity index (χ1n) is 12.7. The van der Waals surface area contributed by atoms with Gasteiger partial charge in [0.05, 0.1) is 29.2 Å². The Balaban J connectivity index is 1.53. The number of likely N-dealkylation sites (tertiary alicyclic amines) is 1. The van der Waals surface area contributed by atoms with Crippen LogP contribution < -0.4 is 10.6 Å². The molecule has 0 radical (unpaired) electrons. The summed E-state index contributed by atoms with van der Waals surface area (Å²) in [5.41, 5.74) is 1.65. The third-order valence-corrected chi connectivity index (χ3v) is 10.9. The fourth-order valence-corrected chi connectivity index (χ4v) is 9.91. The number of rotatable bonds is 8. The minimum absolute atomic E-state index is 0.0101. The van der Waals surface area contributed by atoms with Crippen molar-refractivity contribution in [2.24, 2.45) is 11.8 Å². The van der Waals surface area contributed by atoms with E-state index in [9.17, 15) is 19.5 Å². The monoisotopic (exact) mass is 585 g/mol. The number of carbonyl (C=O) groups is 3. The van der Waals surface area contributed by atoms with Gasteiger partial charge < -0.3 is 20.6 Å². The number of alkyl halides is 1. The van der Waals surface area contributed by atoms with E-state index in [0.717, 1.165) is 5.56 Å². The lowest BCUT2D eigenvalue weighted by Gasteiger charge is -2.37. The van der Waals surface area contributed by atoms with Crippen molar-refractivity contribution in [3.05, 3.63) is 66.2 Å². The Morgan fingerprint density at radius 3 is 2.38 bits per heavy atom. The molecule has 0 aromatic heterocycles. The van der Waals surface area contributed by atoms with Crippen molar-refractivity contribution in [3.8, 4) is 0 Å². The van der Waals surface area contributed by atoms with Gasteiger partial charge in [-0.3, -0.25) is 14.4 Å². The number of hydrogen-bond acceptors (Lipinski definition) is 5. The quantitative estimate of drug-likeness (QED) is 0.413. The van der Waals surface area contributed by atoms with Crippen LogP contribution in [0, 0.1) is 11.8 Å². The Morgan fingerprint density at radius 1 is 1.11 bits per heavy atom. The van der Waals surface area contributed by atoms with E-state index in [0.29, 0.717) is 18.5 Å². The van der Waals surface area contributed by atoms with Crippen LogP contribution in [0.4, 0.5) is 5.69 Å². The van der Waals surface area contributed by atoms with E-state index in [1.807, 2.05) is 74.5 Å². The Morgan fingerprint density at radius 2 is 1.76 bits per heavy atom. The Bertz CT molecular complexity index is 1170. The maximum atomic E-state index is 14.3. The molecular formula is C28H32BrN3O4S. The Labute approximate surface area is 229 Å². The van der Waals surface area contributed by atoms with Crippen molar-refractivity contribution < 1.29 is 19.5 Å². The van der Waals surface area contributed by atoms with E-state index in [4.69, 9.17) is 0 Å². The average Bonchev–Trinajstić information content (AvgIpc) is 3.46. The number of halogens is 1. The number of anilines is 1. The van der Waals surface area contributed by atoms with Gasteiger partial charge in [0.25, 0.3) is 0 Å². The van der Waals surface area contributed by atoms with Crippen LogP contribution in [0.25, 0.3) is 0 Å². The molecule has 196 valence electrons. The highest BCUT2D eigenvalue weighted by Gasteiger charge is 2.76. The molecule has 2 bridgehead atoms. The second-order valence-electron chi connectivity index (χ2n) is 10.5. The number of benzene rings is 2. The maximum Gasteiger partial charge on any atom is 0.244 e. The van der Waals surface area contributed by atoms with E-state index < -0.39 is 28.7 Å². The third-order valence-electron chi connectivity index (χ3n) is 7.67. The molecule has 2 aromatic rings. The number of aliphatic hydroxyl groups is 1.